The van der Waals surface area contributed by atoms with Crippen LogP contribution in [0.5, 0.6) is 11.5 Å². The maximum Gasteiger partial charge on any atom is 0.161 e. The lowest BCUT2D eigenvalue weighted by molar-refractivity contribution is 0.109. The molecule has 4 heteroatoms. The molecule has 2 N–H and O–H groups in total. The fraction of sp³-hybridized carbons (Fsp3) is 0.500. The summed E-state index contributed by atoms with van der Waals surface area (Å²) >= 11 is 0. The van der Waals surface area contributed by atoms with Crippen LogP contribution in [0.15, 0.2) is 36.4 Å². The van der Waals surface area contributed by atoms with Gasteiger partial charge in [0.1, 0.15) is 0 Å². The molecule has 4 nitrogen and oxygen atoms in total. The molecule has 2 aromatic rings. The van der Waals surface area contributed by atoms with Gasteiger partial charge in [0, 0.05) is 31.1 Å². The summed E-state index contributed by atoms with van der Waals surface area (Å²) in [5.74, 6) is 2.84. The number of ether oxygens (including phenoxy) is 2. The van der Waals surface area contributed by atoms with E-state index in [1.165, 1.54) is 35.1 Å². The second-order valence-electron chi connectivity index (χ2n) is 8.62. The number of hydrogen-bond donors (Lipinski definition) is 1. The zero-order chi connectivity index (χ0) is 19.3. The fourth-order valence-corrected chi connectivity index (χ4v) is 5.20. The summed E-state index contributed by atoms with van der Waals surface area (Å²) in [6.07, 6.45) is 4.73. The van der Waals surface area contributed by atoms with Gasteiger partial charge in [-0.1, -0.05) is 24.3 Å². The van der Waals surface area contributed by atoms with E-state index in [9.17, 15) is 0 Å². The first-order chi connectivity index (χ1) is 13.7. The van der Waals surface area contributed by atoms with Crippen molar-refractivity contribution in [3.05, 3.63) is 58.7 Å². The highest BCUT2D eigenvalue weighted by Crippen LogP contribution is 2.45. The molecule has 0 bridgehead atoms. The molecule has 2 heterocycles. The van der Waals surface area contributed by atoms with Crippen LogP contribution >= 0.6 is 0 Å². The third kappa shape index (κ3) is 3.09. The van der Waals surface area contributed by atoms with Gasteiger partial charge in [0.2, 0.25) is 0 Å². The van der Waals surface area contributed by atoms with Crippen LogP contribution in [0, 0.1) is 0 Å². The highest BCUT2D eigenvalue weighted by molar-refractivity contribution is 5.50. The van der Waals surface area contributed by atoms with Crippen molar-refractivity contribution in [1.82, 2.24) is 4.90 Å². The summed E-state index contributed by atoms with van der Waals surface area (Å²) in [4.78, 5) is 2.63. The highest BCUT2D eigenvalue weighted by atomic mass is 16.5. The SMILES string of the molecule is COc1cc2c(cc1OC)C1C[C@H](N)[C@@H](c3cccc(C4CC4)c3)CN1CC2. The lowest BCUT2D eigenvalue weighted by atomic mass is 9.78. The normalized spacial score (nSPS) is 27.0. The van der Waals surface area contributed by atoms with Crippen molar-refractivity contribution in [3.8, 4) is 11.5 Å². The van der Waals surface area contributed by atoms with Gasteiger partial charge >= 0.3 is 0 Å². The minimum Gasteiger partial charge on any atom is -0.493 e. The van der Waals surface area contributed by atoms with Crippen molar-refractivity contribution in [2.45, 2.75) is 49.6 Å². The number of hydrogen-bond acceptors (Lipinski definition) is 4. The van der Waals surface area contributed by atoms with Crippen molar-refractivity contribution in [2.24, 2.45) is 5.73 Å². The predicted molar refractivity (Wildman–Crippen MR) is 111 cm³/mol. The summed E-state index contributed by atoms with van der Waals surface area (Å²) in [5, 5.41) is 0. The Bertz CT molecular complexity index is 877. The predicted octanol–water partition coefficient (Wildman–Crippen LogP) is 4.00. The minimum atomic E-state index is 0.176. The standard InChI is InChI=1S/C24H30N2O2/c1-27-23-11-18-8-9-26-14-20(17-5-3-4-16(10-17)15-6-7-15)21(25)13-22(26)19(18)12-24(23)28-2/h3-5,10-12,15,20-22H,6-9,13-14,25H2,1-2H3/t20-,21+,22?/m1/s1. The average molecular weight is 379 g/mol. The molecule has 28 heavy (non-hydrogen) atoms. The van der Waals surface area contributed by atoms with Gasteiger partial charge in [-0.15, -0.1) is 0 Å². The van der Waals surface area contributed by atoms with Gasteiger partial charge in [-0.3, -0.25) is 4.90 Å². The van der Waals surface area contributed by atoms with Crippen LogP contribution in [-0.2, 0) is 6.42 Å². The Morgan fingerprint density at radius 1 is 1.00 bits per heavy atom. The Kier molecular flexibility index (Phi) is 4.56. The molecule has 1 saturated carbocycles. The Balaban J connectivity index is 1.43. The molecule has 0 aromatic heterocycles. The van der Waals surface area contributed by atoms with Crippen LogP contribution < -0.4 is 15.2 Å². The summed E-state index contributed by atoms with van der Waals surface area (Å²) in [6.45, 7) is 2.12. The lowest BCUT2D eigenvalue weighted by Gasteiger charge is -2.46. The summed E-state index contributed by atoms with van der Waals surface area (Å²) < 4.78 is 11.1. The molecular weight excluding hydrogens is 348 g/mol. The van der Waals surface area contributed by atoms with Crippen LogP contribution in [-0.4, -0.2) is 38.3 Å². The summed E-state index contributed by atoms with van der Waals surface area (Å²) in [6, 6.07) is 14.1. The Morgan fingerprint density at radius 3 is 2.50 bits per heavy atom. The molecule has 2 aliphatic heterocycles. The molecule has 1 unspecified atom stereocenters. The molecule has 0 spiro atoms. The van der Waals surface area contributed by atoms with Crippen molar-refractivity contribution in [1.29, 1.82) is 0 Å². The molecule has 2 fully saturated rings. The van der Waals surface area contributed by atoms with Gasteiger partial charge in [0.25, 0.3) is 0 Å². The van der Waals surface area contributed by atoms with E-state index in [0.717, 1.165) is 43.3 Å². The zero-order valence-electron chi connectivity index (χ0n) is 16.9. The van der Waals surface area contributed by atoms with E-state index in [0.29, 0.717) is 12.0 Å². The molecule has 3 aliphatic rings. The highest BCUT2D eigenvalue weighted by Gasteiger charge is 2.39. The van der Waals surface area contributed by atoms with E-state index in [2.05, 4.69) is 41.3 Å². The first-order valence-electron chi connectivity index (χ1n) is 10.5. The largest absolute Gasteiger partial charge is 0.493 e. The smallest absolute Gasteiger partial charge is 0.161 e. The molecule has 2 aromatic carbocycles. The number of nitrogens with zero attached hydrogens (tertiary/aromatic N) is 1. The molecule has 3 atom stereocenters. The van der Waals surface area contributed by atoms with Crippen LogP contribution in [0.1, 0.15) is 59.4 Å². The van der Waals surface area contributed by atoms with Gasteiger partial charge in [-0.25, -0.2) is 0 Å². The molecule has 5 rings (SSSR count). The van der Waals surface area contributed by atoms with Crippen LogP contribution in [0.2, 0.25) is 0 Å². The second kappa shape index (κ2) is 7.09. The molecule has 148 valence electrons. The lowest BCUT2D eigenvalue weighted by Crippen LogP contribution is -2.49. The number of piperidine rings is 1. The second-order valence-corrected chi connectivity index (χ2v) is 8.62. The van der Waals surface area contributed by atoms with Crippen LogP contribution in [0.4, 0.5) is 0 Å². The van der Waals surface area contributed by atoms with Crippen molar-refractivity contribution < 1.29 is 9.47 Å². The summed E-state index contributed by atoms with van der Waals surface area (Å²) in [5.41, 5.74) is 12.4. The molecule has 1 aliphatic carbocycles. The zero-order valence-corrected chi connectivity index (χ0v) is 16.9. The van der Waals surface area contributed by atoms with Crippen molar-refractivity contribution >= 4 is 0 Å². The van der Waals surface area contributed by atoms with Gasteiger partial charge in [-0.2, -0.15) is 0 Å². The quantitative estimate of drug-likeness (QED) is 0.874. The maximum atomic E-state index is 6.76. The third-order valence-electron chi connectivity index (χ3n) is 6.94. The Labute approximate surface area is 167 Å². The topological polar surface area (TPSA) is 47.7 Å². The van der Waals surface area contributed by atoms with E-state index in [1.54, 1.807) is 14.2 Å². The fourth-order valence-electron chi connectivity index (χ4n) is 5.20. The van der Waals surface area contributed by atoms with Gasteiger partial charge in [0.05, 0.1) is 14.2 Å². The molecular formula is C24H30N2O2. The van der Waals surface area contributed by atoms with E-state index in [-0.39, 0.29) is 6.04 Å². The number of rotatable bonds is 4. The Morgan fingerprint density at radius 2 is 1.75 bits per heavy atom. The van der Waals surface area contributed by atoms with Crippen molar-refractivity contribution in [2.75, 3.05) is 27.3 Å². The van der Waals surface area contributed by atoms with Gasteiger partial charge in [-0.05, 0) is 66.0 Å². The third-order valence-corrected chi connectivity index (χ3v) is 6.94. The number of methoxy groups -OCH3 is 2. The van der Waals surface area contributed by atoms with E-state index in [1.807, 2.05) is 0 Å². The molecule has 0 radical (unpaired) electrons. The molecule has 0 amide bonds. The monoisotopic (exact) mass is 378 g/mol. The van der Waals surface area contributed by atoms with Crippen molar-refractivity contribution in [3.63, 3.8) is 0 Å². The van der Waals surface area contributed by atoms with E-state index >= 15 is 0 Å². The van der Waals surface area contributed by atoms with Crippen LogP contribution in [0.25, 0.3) is 0 Å². The number of fused-ring (bicyclic) bond motifs is 3. The number of nitrogens with two attached hydrogens (primary N) is 1. The minimum absolute atomic E-state index is 0.176. The first-order valence-corrected chi connectivity index (χ1v) is 10.5. The Hall–Kier alpha value is -2.04. The van der Waals surface area contributed by atoms with Gasteiger partial charge < -0.3 is 15.2 Å². The number of benzene rings is 2. The van der Waals surface area contributed by atoms with E-state index < -0.39 is 0 Å². The summed E-state index contributed by atoms with van der Waals surface area (Å²) in [7, 11) is 3.41. The maximum absolute atomic E-state index is 6.76. The van der Waals surface area contributed by atoms with Gasteiger partial charge in [0.15, 0.2) is 11.5 Å². The average Bonchev–Trinajstić information content (AvgIpc) is 3.57. The first kappa shape index (κ1) is 18.0. The van der Waals surface area contributed by atoms with Crippen LogP contribution in [0.3, 0.4) is 0 Å². The molecule has 1 saturated heterocycles. The van der Waals surface area contributed by atoms with E-state index in [4.69, 9.17) is 15.2 Å².